The molecule has 4 fully saturated rings. The van der Waals surface area contributed by atoms with Crippen molar-refractivity contribution in [1.29, 1.82) is 0 Å². The van der Waals surface area contributed by atoms with E-state index in [4.69, 9.17) is 9.47 Å². The molecule has 3 unspecified atom stereocenters. The quantitative estimate of drug-likeness (QED) is 0.442. The lowest BCUT2D eigenvalue weighted by Crippen LogP contribution is -2.67. The van der Waals surface area contributed by atoms with Crippen molar-refractivity contribution in [3.63, 3.8) is 0 Å². The lowest BCUT2D eigenvalue weighted by Gasteiger charge is -2.70. The van der Waals surface area contributed by atoms with Crippen LogP contribution in [0.3, 0.4) is 0 Å². The number of aliphatic hydroxyl groups excluding tert-OH is 1. The minimum absolute atomic E-state index is 0.0679. The number of ether oxygens (including phenoxy) is 2. The molecule has 1 saturated heterocycles. The number of esters is 1. The minimum Gasteiger partial charge on any atom is -0.462 e. The molecule has 5 rings (SSSR count). The highest BCUT2D eigenvalue weighted by Gasteiger charge is 2.70. The molecule has 0 bridgehead atoms. The molecule has 9 atom stereocenters. The molecule has 0 aromatic rings. The van der Waals surface area contributed by atoms with Crippen LogP contribution in [0.2, 0.25) is 0 Å². The minimum atomic E-state index is -0.794. The molecule has 0 aromatic carbocycles. The van der Waals surface area contributed by atoms with Crippen LogP contribution in [0.1, 0.15) is 86.5 Å². The smallest absolute Gasteiger partial charge is 0.302 e. The molecule has 1 aliphatic heterocycles. The molecule has 0 radical (unpaired) electrons. The van der Waals surface area contributed by atoms with Crippen LogP contribution in [0.4, 0.5) is 0 Å². The normalized spacial score (nSPS) is 52.8. The molecule has 0 amide bonds. The summed E-state index contributed by atoms with van der Waals surface area (Å²) < 4.78 is 11.9. The summed E-state index contributed by atoms with van der Waals surface area (Å²) in [7, 11) is 0. The van der Waals surface area contributed by atoms with Gasteiger partial charge in [0.15, 0.2) is 6.29 Å². The van der Waals surface area contributed by atoms with Crippen molar-refractivity contribution >= 4 is 5.97 Å². The average Bonchev–Trinajstić information content (AvgIpc) is 3.04. The Bertz CT molecular complexity index is 801. The molecular formula is C27H42O4. The van der Waals surface area contributed by atoms with Gasteiger partial charge in [0, 0.05) is 18.3 Å². The molecular weight excluding hydrogens is 388 g/mol. The number of rotatable bonds is 1. The molecule has 174 valence electrons. The zero-order valence-corrected chi connectivity index (χ0v) is 20.4. The van der Waals surface area contributed by atoms with Gasteiger partial charge < -0.3 is 14.6 Å². The summed E-state index contributed by atoms with van der Waals surface area (Å²) in [6.45, 7) is 14.4. The summed E-state index contributed by atoms with van der Waals surface area (Å²) >= 11 is 0. The third kappa shape index (κ3) is 2.82. The van der Waals surface area contributed by atoms with Crippen LogP contribution in [0, 0.1) is 45.3 Å². The number of aliphatic hydroxyl groups is 1. The topological polar surface area (TPSA) is 55.8 Å². The van der Waals surface area contributed by atoms with Crippen molar-refractivity contribution in [3.8, 4) is 0 Å². The van der Waals surface area contributed by atoms with E-state index in [9.17, 15) is 9.90 Å². The van der Waals surface area contributed by atoms with Gasteiger partial charge in [0.05, 0.1) is 6.61 Å². The van der Waals surface area contributed by atoms with Crippen LogP contribution in [-0.4, -0.2) is 30.1 Å². The predicted molar refractivity (Wildman–Crippen MR) is 120 cm³/mol. The predicted octanol–water partition coefficient (Wildman–Crippen LogP) is 5.49. The number of fused-ring (bicyclic) bond motifs is 7. The first-order valence-electron chi connectivity index (χ1n) is 12.6. The molecule has 1 heterocycles. The Morgan fingerprint density at radius 1 is 1.06 bits per heavy atom. The SMILES string of the molecule is CC(=O)O[C@@H]1CC2[C@@]3(C)CCCC(C)(C)C3CC[C@@]2(C)C2CC=C3CO[C@@H](O)[C@@H]3[C@]21C. The van der Waals surface area contributed by atoms with E-state index < -0.39 is 6.29 Å². The molecule has 0 aromatic heterocycles. The maximum absolute atomic E-state index is 12.3. The number of carbonyl (C=O) groups is 1. The number of carbonyl (C=O) groups excluding carboxylic acids is 1. The summed E-state index contributed by atoms with van der Waals surface area (Å²) in [5.41, 5.74) is 1.77. The van der Waals surface area contributed by atoms with Gasteiger partial charge in [0.25, 0.3) is 0 Å². The van der Waals surface area contributed by atoms with Crippen LogP contribution in [0.25, 0.3) is 0 Å². The van der Waals surface area contributed by atoms with Crippen molar-refractivity contribution in [3.05, 3.63) is 11.6 Å². The Morgan fingerprint density at radius 2 is 1.77 bits per heavy atom. The molecule has 4 nitrogen and oxygen atoms in total. The Hall–Kier alpha value is -0.870. The second-order valence-corrected chi connectivity index (χ2v) is 12.9. The first kappa shape index (κ1) is 21.9. The maximum atomic E-state index is 12.3. The van der Waals surface area contributed by atoms with Crippen molar-refractivity contribution in [1.82, 2.24) is 0 Å². The Balaban J connectivity index is 1.62. The van der Waals surface area contributed by atoms with Crippen LogP contribution in [-0.2, 0) is 14.3 Å². The third-order valence-corrected chi connectivity index (χ3v) is 11.2. The summed E-state index contributed by atoms with van der Waals surface area (Å²) in [4.78, 5) is 12.3. The van der Waals surface area contributed by atoms with E-state index in [1.54, 1.807) is 6.92 Å². The summed E-state index contributed by atoms with van der Waals surface area (Å²) in [5.74, 6) is 1.39. The van der Waals surface area contributed by atoms with E-state index in [0.717, 1.165) is 18.8 Å². The average molecular weight is 431 g/mol. The van der Waals surface area contributed by atoms with Gasteiger partial charge in [-0.15, -0.1) is 0 Å². The van der Waals surface area contributed by atoms with Crippen molar-refractivity contribution in [2.24, 2.45) is 45.3 Å². The molecule has 3 saturated carbocycles. The van der Waals surface area contributed by atoms with Crippen LogP contribution in [0.15, 0.2) is 11.6 Å². The van der Waals surface area contributed by atoms with Gasteiger partial charge >= 0.3 is 5.97 Å². The fourth-order valence-electron chi connectivity index (χ4n) is 10.1. The third-order valence-electron chi connectivity index (χ3n) is 11.2. The fourth-order valence-corrected chi connectivity index (χ4v) is 10.1. The lowest BCUT2D eigenvalue weighted by atomic mass is 9.34. The van der Waals surface area contributed by atoms with Gasteiger partial charge in [-0.1, -0.05) is 47.1 Å². The van der Waals surface area contributed by atoms with E-state index in [1.165, 1.54) is 37.7 Å². The second-order valence-electron chi connectivity index (χ2n) is 12.9. The van der Waals surface area contributed by atoms with Crippen LogP contribution in [0.5, 0.6) is 0 Å². The largest absolute Gasteiger partial charge is 0.462 e. The first-order valence-corrected chi connectivity index (χ1v) is 12.6. The van der Waals surface area contributed by atoms with E-state index in [0.29, 0.717) is 23.9 Å². The fraction of sp³-hybridized carbons (Fsp3) is 0.889. The molecule has 31 heavy (non-hydrogen) atoms. The highest BCUT2D eigenvalue weighted by Crippen LogP contribution is 2.73. The Labute approximate surface area is 188 Å². The van der Waals surface area contributed by atoms with Crippen LogP contribution >= 0.6 is 0 Å². The van der Waals surface area contributed by atoms with Gasteiger partial charge in [-0.2, -0.15) is 0 Å². The maximum Gasteiger partial charge on any atom is 0.302 e. The summed E-state index contributed by atoms with van der Waals surface area (Å²) in [6, 6.07) is 0. The Morgan fingerprint density at radius 3 is 2.48 bits per heavy atom. The standard InChI is InChI=1S/C27H42O4/c1-16(28)31-21-14-20-25(4)12-7-11-24(2,3)18(25)10-13-26(20,5)19-9-8-17-15-30-23(29)22(17)27(19,21)6/h8,18-23,29H,7,9-15H2,1-6H3/t18?,19?,20?,21-,22-,23-,25+,26+,27-/m1/s1. The van der Waals surface area contributed by atoms with E-state index >= 15 is 0 Å². The second kappa shape index (κ2) is 6.82. The lowest BCUT2D eigenvalue weighted by molar-refractivity contribution is -0.253. The number of hydrogen-bond donors (Lipinski definition) is 1. The highest BCUT2D eigenvalue weighted by atomic mass is 16.6. The molecule has 5 aliphatic rings. The molecule has 1 N–H and O–H groups in total. The van der Waals surface area contributed by atoms with Gasteiger partial charge in [-0.3, -0.25) is 4.79 Å². The first-order chi connectivity index (χ1) is 14.4. The van der Waals surface area contributed by atoms with Crippen molar-refractivity contribution < 1.29 is 19.4 Å². The number of hydrogen-bond acceptors (Lipinski definition) is 4. The van der Waals surface area contributed by atoms with Gasteiger partial charge in [0.2, 0.25) is 0 Å². The van der Waals surface area contributed by atoms with Crippen molar-refractivity contribution in [2.45, 2.75) is 98.9 Å². The molecule has 0 spiro atoms. The highest BCUT2D eigenvalue weighted by molar-refractivity contribution is 5.66. The summed E-state index contributed by atoms with van der Waals surface area (Å²) in [5, 5.41) is 10.9. The number of allylic oxidation sites excluding steroid dienone is 1. The van der Waals surface area contributed by atoms with E-state index in [-0.39, 0.29) is 34.2 Å². The molecule has 4 heteroatoms. The van der Waals surface area contributed by atoms with Crippen molar-refractivity contribution in [2.75, 3.05) is 6.61 Å². The van der Waals surface area contributed by atoms with E-state index in [2.05, 4.69) is 40.7 Å². The van der Waals surface area contributed by atoms with E-state index in [1.807, 2.05) is 0 Å². The summed E-state index contributed by atoms with van der Waals surface area (Å²) in [6.07, 6.45) is 9.75. The monoisotopic (exact) mass is 430 g/mol. The van der Waals surface area contributed by atoms with Gasteiger partial charge in [-0.05, 0) is 78.1 Å². The van der Waals surface area contributed by atoms with Gasteiger partial charge in [0.1, 0.15) is 6.10 Å². The molecule has 4 aliphatic carbocycles. The van der Waals surface area contributed by atoms with Crippen LogP contribution < -0.4 is 0 Å². The Kier molecular flexibility index (Phi) is 4.83. The zero-order chi connectivity index (χ0) is 22.4. The van der Waals surface area contributed by atoms with Gasteiger partial charge in [-0.25, -0.2) is 0 Å². The zero-order valence-electron chi connectivity index (χ0n) is 20.4.